The van der Waals surface area contributed by atoms with E-state index < -0.39 is 6.04 Å². The van der Waals surface area contributed by atoms with Gasteiger partial charge in [-0.2, -0.15) is 0 Å². The molecule has 0 fully saturated rings. The van der Waals surface area contributed by atoms with Crippen LogP contribution in [0.1, 0.15) is 30.5 Å². The number of amides is 2. The highest BCUT2D eigenvalue weighted by atomic mass is 79.9. The lowest BCUT2D eigenvalue weighted by atomic mass is 10.0. The van der Waals surface area contributed by atoms with Gasteiger partial charge in [0.1, 0.15) is 11.8 Å². The highest BCUT2D eigenvalue weighted by molar-refractivity contribution is 9.10. The molecule has 0 heterocycles. The van der Waals surface area contributed by atoms with Gasteiger partial charge in [-0.1, -0.05) is 89.4 Å². The second kappa shape index (κ2) is 13.8. The van der Waals surface area contributed by atoms with Gasteiger partial charge >= 0.3 is 0 Å². The fourth-order valence-corrected chi connectivity index (χ4v) is 4.53. The van der Waals surface area contributed by atoms with E-state index in [4.69, 9.17) is 27.9 Å². The van der Waals surface area contributed by atoms with Crippen LogP contribution in [0.5, 0.6) is 5.75 Å². The summed E-state index contributed by atoms with van der Waals surface area (Å²) in [6.45, 7) is 6.30. The molecule has 0 bridgehead atoms. The summed E-state index contributed by atoms with van der Waals surface area (Å²) >= 11 is 16.4. The summed E-state index contributed by atoms with van der Waals surface area (Å²) in [5.74, 6) is 0.229. The maximum atomic E-state index is 13.7. The Bertz CT molecular complexity index is 1200. The van der Waals surface area contributed by atoms with Crippen LogP contribution >= 0.6 is 39.1 Å². The average Bonchev–Trinajstić information content (AvgIpc) is 2.87. The number of hydrogen-bond acceptors (Lipinski definition) is 3. The first kappa shape index (κ1) is 29.0. The van der Waals surface area contributed by atoms with E-state index in [9.17, 15) is 9.59 Å². The molecule has 1 N–H and O–H groups in total. The van der Waals surface area contributed by atoms with E-state index >= 15 is 0 Å². The summed E-state index contributed by atoms with van der Waals surface area (Å²) in [6, 6.07) is 19.5. The third kappa shape index (κ3) is 8.49. The fraction of sp³-hybridized carbons (Fsp3) is 0.310. The van der Waals surface area contributed by atoms with E-state index in [2.05, 4.69) is 21.2 Å². The summed E-state index contributed by atoms with van der Waals surface area (Å²) in [5, 5.41) is 3.85. The van der Waals surface area contributed by atoms with Crippen LogP contribution in [0.25, 0.3) is 0 Å². The van der Waals surface area contributed by atoms with Gasteiger partial charge < -0.3 is 15.0 Å². The molecule has 0 saturated carbocycles. The minimum atomic E-state index is -0.795. The van der Waals surface area contributed by atoms with Crippen LogP contribution in [0, 0.1) is 12.8 Å². The SMILES string of the molecule is Cc1cc(OCC(=O)N(Cc2c(Cl)cccc2Cl)[C@H](Cc2ccccc2)C(=O)NCC(C)C)ccc1Br. The number of carbonyl (C=O) groups is 2. The number of aryl methyl sites for hydroxylation is 1. The second-order valence-corrected chi connectivity index (χ2v) is 10.9. The quantitative estimate of drug-likeness (QED) is 0.260. The molecule has 196 valence electrons. The molecule has 0 aliphatic carbocycles. The molecule has 3 aromatic rings. The molecular formula is C29H31BrCl2N2O3. The number of halogens is 3. The predicted molar refractivity (Wildman–Crippen MR) is 153 cm³/mol. The van der Waals surface area contributed by atoms with Crippen LogP contribution in [0.4, 0.5) is 0 Å². The Hall–Kier alpha value is -2.54. The molecule has 0 aliphatic heterocycles. The molecule has 8 heteroatoms. The van der Waals surface area contributed by atoms with E-state index in [-0.39, 0.29) is 30.9 Å². The molecule has 0 aromatic heterocycles. The largest absolute Gasteiger partial charge is 0.484 e. The first-order valence-electron chi connectivity index (χ1n) is 12.1. The second-order valence-electron chi connectivity index (χ2n) is 9.27. The maximum Gasteiger partial charge on any atom is 0.261 e. The van der Waals surface area contributed by atoms with Gasteiger partial charge in [0.25, 0.3) is 5.91 Å². The van der Waals surface area contributed by atoms with Crippen molar-refractivity contribution in [2.24, 2.45) is 5.92 Å². The van der Waals surface area contributed by atoms with Gasteiger partial charge in [-0.05, 0) is 54.3 Å². The van der Waals surface area contributed by atoms with Crippen LogP contribution in [-0.4, -0.2) is 35.9 Å². The van der Waals surface area contributed by atoms with Crippen LogP contribution in [-0.2, 0) is 22.6 Å². The van der Waals surface area contributed by atoms with Crippen LogP contribution < -0.4 is 10.1 Å². The Morgan fingerprint density at radius 3 is 2.30 bits per heavy atom. The number of ether oxygens (including phenoxy) is 1. The van der Waals surface area contributed by atoms with E-state index in [1.807, 2.05) is 63.2 Å². The highest BCUT2D eigenvalue weighted by Gasteiger charge is 2.31. The summed E-state index contributed by atoms with van der Waals surface area (Å²) < 4.78 is 6.80. The predicted octanol–water partition coefficient (Wildman–Crippen LogP) is 6.86. The molecule has 5 nitrogen and oxygen atoms in total. The molecule has 0 aliphatic rings. The van der Waals surface area contributed by atoms with Crippen molar-refractivity contribution < 1.29 is 14.3 Å². The topological polar surface area (TPSA) is 58.6 Å². The summed E-state index contributed by atoms with van der Waals surface area (Å²) in [7, 11) is 0. The van der Waals surface area contributed by atoms with E-state index in [1.54, 1.807) is 24.3 Å². The number of nitrogens with one attached hydrogen (secondary N) is 1. The molecule has 1 atom stereocenters. The van der Waals surface area contributed by atoms with Gasteiger partial charge in [0.05, 0.1) is 0 Å². The Morgan fingerprint density at radius 1 is 1.00 bits per heavy atom. The van der Waals surface area contributed by atoms with Crippen molar-refractivity contribution in [2.75, 3.05) is 13.2 Å². The standard InChI is InChI=1S/C29H31BrCl2N2O3/c1-19(2)16-33-29(36)27(15-21-8-5-4-6-9-21)34(17-23-25(31)10-7-11-26(23)32)28(35)18-37-22-12-13-24(30)20(3)14-22/h4-14,19,27H,15-18H2,1-3H3,(H,33,36)/t27-/m1/s1. The molecule has 3 aromatic carbocycles. The molecule has 0 unspecified atom stereocenters. The number of carbonyl (C=O) groups excluding carboxylic acids is 2. The number of benzene rings is 3. The zero-order valence-electron chi connectivity index (χ0n) is 21.1. The monoisotopic (exact) mass is 604 g/mol. The summed E-state index contributed by atoms with van der Waals surface area (Å²) in [4.78, 5) is 28.7. The van der Waals surface area contributed by atoms with E-state index in [0.29, 0.717) is 34.3 Å². The van der Waals surface area contributed by atoms with Gasteiger partial charge in [-0.3, -0.25) is 9.59 Å². The lowest BCUT2D eigenvalue weighted by Crippen LogP contribution is -2.52. The molecule has 0 saturated heterocycles. The van der Waals surface area contributed by atoms with Crippen molar-refractivity contribution in [1.29, 1.82) is 0 Å². The first-order chi connectivity index (χ1) is 17.7. The number of hydrogen-bond donors (Lipinski definition) is 1. The third-order valence-electron chi connectivity index (χ3n) is 5.84. The third-order valence-corrected chi connectivity index (χ3v) is 7.44. The fourth-order valence-electron chi connectivity index (χ4n) is 3.77. The van der Waals surface area contributed by atoms with E-state index in [1.165, 1.54) is 4.90 Å². The van der Waals surface area contributed by atoms with Crippen LogP contribution in [0.15, 0.2) is 71.2 Å². The lowest BCUT2D eigenvalue weighted by molar-refractivity contribution is -0.142. The minimum Gasteiger partial charge on any atom is -0.484 e. The molecular weight excluding hydrogens is 575 g/mol. The zero-order chi connectivity index (χ0) is 26.9. The van der Waals surface area contributed by atoms with Crippen molar-refractivity contribution >= 4 is 50.9 Å². The average molecular weight is 606 g/mol. The van der Waals surface area contributed by atoms with Crippen molar-refractivity contribution in [1.82, 2.24) is 10.2 Å². The Morgan fingerprint density at radius 2 is 1.68 bits per heavy atom. The van der Waals surface area contributed by atoms with Gasteiger partial charge in [0.2, 0.25) is 5.91 Å². The molecule has 2 amide bonds. The van der Waals surface area contributed by atoms with Gasteiger partial charge in [-0.25, -0.2) is 0 Å². The number of rotatable bonds is 11. The van der Waals surface area contributed by atoms with E-state index in [0.717, 1.165) is 15.6 Å². The van der Waals surface area contributed by atoms with Crippen LogP contribution in [0.3, 0.4) is 0 Å². The molecule has 0 radical (unpaired) electrons. The molecule has 3 rings (SSSR count). The van der Waals surface area contributed by atoms with Crippen molar-refractivity contribution in [3.05, 3.63) is 97.9 Å². The first-order valence-corrected chi connectivity index (χ1v) is 13.6. The highest BCUT2D eigenvalue weighted by Crippen LogP contribution is 2.28. The summed E-state index contributed by atoms with van der Waals surface area (Å²) in [6.07, 6.45) is 0.329. The van der Waals surface area contributed by atoms with Crippen molar-refractivity contribution in [2.45, 2.75) is 39.8 Å². The van der Waals surface area contributed by atoms with Gasteiger partial charge in [-0.15, -0.1) is 0 Å². The smallest absolute Gasteiger partial charge is 0.261 e. The summed E-state index contributed by atoms with van der Waals surface area (Å²) in [5.41, 5.74) is 2.49. The normalized spacial score (nSPS) is 11.8. The Labute approximate surface area is 237 Å². The van der Waals surface area contributed by atoms with Crippen molar-refractivity contribution in [3.63, 3.8) is 0 Å². The Balaban J connectivity index is 1.95. The van der Waals surface area contributed by atoms with Gasteiger partial charge in [0, 0.05) is 39.6 Å². The molecule has 37 heavy (non-hydrogen) atoms. The zero-order valence-corrected chi connectivity index (χ0v) is 24.2. The Kier molecular flexibility index (Phi) is 10.9. The number of nitrogens with zero attached hydrogens (tertiary/aromatic N) is 1. The van der Waals surface area contributed by atoms with Crippen LogP contribution in [0.2, 0.25) is 10.0 Å². The minimum absolute atomic E-state index is 0.0622. The maximum absolute atomic E-state index is 13.7. The van der Waals surface area contributed by atoms with Gasteiger partial charge in [0.15, 0.2) is 6.61 Å². The lowest BCUT2D eigenvalue weighted by Gasteiger charge is -2.32. The molecule has 0 spiro atoms. The van der Waals surface area contributed by atoms with Crippen molar-refractivity contribution in [3.8, 4) is 5.75 Å².